The highest BCUT2D eigenvalue weighted by atomic mass is 19.1. The Morgan fingerprint density at radius 2 is 2.15 bits per heavy atom. The molecule has 0 amide bonds. The number of pyridine rings is 1. The zero-order valence-electron chi connectivity index (χ0n) is 6.48. The van der Waals surface area contributed by atoms with Crippen LogP contribution in [0.25, 0.3) is 5.69 Å². The molecule has 5 heteroatoms. The first-order valence-corrected chi connectivity index (χ1v) is 3.58. The second-order valence-electron chi connectivity index (χ2n) is 2.41. The van der Waals surface area contributed by atoms with E-state index in [9.17, 15) is 8.78 Å². The summed E-state index contributed by atoms with van der Waals surface area (Å²) in [4.78, 5) is 3.23. The van der Waals surface area contributed by atoms with Crippen molar-refractivity contribution in [2.45, 2.75) is 0 Å². The van der Waals surface area contributed by atoms with Gasteiger partial charge in [0, 0.05) is 18.5 Å². The quantitative estimate of drug-likeness (QED) is 0.625. The van der Waals surface area contributed by atoms with Crippen LogP contribution in [-0.2, 0) is 0 Å². The van der Waals surface area contributed by atoms with Crippen molar-refractivity contribution in [2.24, 2.45) is 0 Å². The molecule has 0 aromatic carbocycles. The van der Waals surface area contributed by atoms with Crippen LogP contribution in [0.1, 0.15) is 0 Å². The molecule has 13 heavy (non-hydrogen) atoms. The van der Waals surface area contributed by atoms with Gasteiger partial charge in [0.2, 0.25) is 5.95 Å². The highest BCUT2D eigenvalue weighted by Crippen LogP contribution is 2.10. The normalized spacial score (nSPS) is 10.3. The Kier molecular flexibility index (Phi) is 1.77. The van der Waals surface area contributed by atoms with E-state index in [-0.39, 0.29) is 5.69 Å². The molecular formula is C8H5F2N3. The van der Waals surface area contributed by atoms with E-state index in [1.165, 1.54) is 17.1 Å². The van der Waals surface area contributed by atoms with Crippen molar-refractivity contribution in [3.8, 4) is 5.69 Å². The molecule has 0 radical (unpaired) electrons. The lowest BCUT2D eigenvalue weighted by Gasteiger charge is -2.00. The maximum absolute atomic E-state index is 13.0. The van der Waals surface area contributed by atoms with Crippen molar-refractivity contribution in [3.63, 3.8) is 0 Å². The summed E-state index contributed by atoms with van der Waals surface area (Å²) in [6, 6.07) is 2.65. The lowest BCUT2D eigenvalue weighted by Crippen LogP contribution is -2.00. The second-order valence-corrected chi connectivity index (χ2v) is 2.41. The second kappa shape index (κ2) is 2.93. The van der Waals surface area contributed by atoms with Crippen LogP contribution in [0.3, 0.4) is 0 Å². The summed E-state index contributed by atoms with van der Waals surface area (Å²) < 4.78 is 26.9. The fourth-order valence-electron chi connectivity index (χ4n) is 0.984. The summed E-state index contributed by atoms with van der Waals surface area (Å²) in [5.41, 5.74) is 0.00463. The first-order valence-electron chi connectivity index (χ1n) is 3.58. The lowest BCUT2D eigenvalue weighted by atomic mass is 10.4. The van der Waals surface area contributed by atoms with E-state index in [4.69, 9.17) is 0 Å². The number of rotatable bonds is 1. The summed E-state index contributed by atoms with van der Waals surface area (Å²) in [6.07, 6.45) is 3.81. The zero-order chi connectivity index (χ0) is 9.26. The van der Waals surface area contributed by atoms with Crippen LogP contribution in [0, 0.1) is 11.8 Å². The van der Waals surface area contributed by atoms with Crippen molar-refractivity contribution >= 4 is 0 Å². The first kappa shape index (κ1) is 7.85. The fourth-order valence-corrected chi connectivity index (χ4v) is 0.984. The number of nitrogens with zero attached hydrogens (tertiary/aromatic N) is 3. The molecule has 2 aromatic heterocycles. The third-order valence-corrected chi connectivity index (χ3v) is 1.54. The lowest BCUT2D eigenvalue weighted by molar-refractivity contribution is 0.547. The van der Waals surface area contributed by atoms with E-state index in [1.807, 2.05) is 0 Å². The van der Waals surface area contributed by atoms with Gasteiger partial charge in [-0.25, -0.2) is 14.1 Å². The molecule has 0 atom stereocenters. The van der Waals surface area contributed by atoms with Gasteiger partial charge in [0.05, 0.1) is 6.20 Å². The molecule has 0 aliphatic carbocycles. The molecule has 0 saturated carbocycles. The molecule has 0 fully saturated rings. The van der Waals surface area contributed by atoms with Gasteiger partial charge in [-0.2, -0.15) is 9.49 Å². The highest BCUT2D eigenvalue weighted by Gasteiger charge is 2.06. The summed E-state index contributed by atoms with van der Waals surface area (Å²) in [5.74, 6) is -1.34. The molecule has 2 heterocycles. The van der Waals surface area contributed by atoms with E-state index >= 15 is 0 Å². The van der Waals surface area contributed by atoms with Gasteiger partial charge in [0.1, 0.15) is 11.5 Å². The molecule has 3 nitrogen and oxygen atoms in total. The van der Waals surface area contributed by atoms with E-state index in [2.05, 4.69) is 10.1 Å². The van der Waals surface area contributed by atoms with Gasteiger partial charge in [0.15, 0.2) is 0 Å². The molecule has 0 unspecified atom stereocenters. The number of hydrogen-bond acceptors (Lipinski definition) is 2. The summed E-state index contributed by atoms with van der Waals surface area (Å²) in [6.45, 7) is 0. The van der Waals surface area contributed by atoms with Gasteiger partial charge in [-0.3, -0.25) is 0 Å². The third kappa shape index (κ3) is 1.40. The summed E-state index contributed by atoms with van der Waals surface area (Å²) >= 11 is 0. The smallest absolute Gasteiger partial charge is 0.236 e. The Bertz CT molecular complexity index is 411. The Labute approximate surface area is 72.6 Å². The standard InChI is InChI=1S/C8H5F2N3/c9-6-4-7(8(10)11-5-6)13-3-1-2-12-13/h1-5H. The molecule has 0 saturated heterocycles. The minimum Gasteiger partial charge on any atom is -0.236 e. The van der Waals surface area contributed by atoms with Gasteiger partial charge < -0.3 is 0 Å². The molecule has 0 aliphatic heterocycles. The average Bonchev–Trinajstić information content (AvgIpc) is 2.61. The predicted octanol–water partition coefficient (Wildman–Crippen LogP) is 1.55. The molecule has 0 spiro atoms. The number of hydrogen-bond donors (Lipinski definition) is 0. The van der Waals surface area contributed by atoms with Crippen molar-refractivity contribution in [1.82, 2.24) is 14.8 Å². The maximum atomic E-state index is 13.0. The Morgan fingerprint density at radius 1 is 1.31 bits per heavy atom. The van der Waals surface area contributed by atoms with Gasteiger partial charge in [-0.15, -0.1) is 0 Å². The summed E-state index contributed by atoms with van der Waals surface area (Å²) in [5, 5.41) is 3.76. The first-order chi connectivity index (χ1) is 6.27. The zero-order valence-corrected chi connectivity index (χ0v) is 6.48. The summed E-state index contributed by atoms with van der Waals surface area (Å²) in [7, 11) is 0. The molecule has 0 bridgehead atoms. The maximum Gasteiger partial charge on any atom is 0.238 e. The largest absolute Gasteiger partial charge is 0.238 e. The molecule has 0 aliphatic rings. The molecule has 0 N–H and O–H groups in total. The van der Waals surface area contributed by atoms with Crippen LogP contribution in [-0.4, -0.2) is 14.8 Å². The van der Waals surface area contributed by atoms with Gasteiger partial charge in [-0.1, -0.05) is 0 Å². The third-order valence-electron chi connectivity index (χ3n) is 1.54. The van der Waals surface area contributed by atoms with E-state index in [0.717, 1.165) is 12.3 Å². The van der Waals surface area contributed by atoms with Crippen molar-refractivity contribution in [2.75, 3.05) is 0 Å². The van der Waals surface area contributed by atoms with E-state index < -0.39 is 11.8 Å². The van der Waals surface area contributed by atoms with E-state index in [1.54, 1.807) is 6.07 Å². The van der Waals surface area contributed by atoms with E-state index in [0.29, 0.717) is 0 Å². The van der Waals surface area contributed by atoms with Crippen LogP contribution < -0.4 is 0 Å². The SMILES string of the molecule is Fc1cnc(F)c(-n2cccn2)c1. The topological polar surface area (TPSA) is 30.7 Å². The molecule has 66 valence electrons. The predicted molar refractivity (Wildman–Crippen MR) is 41.3 cm³/mol. The Morgan fingerprint density at radius 3 is 2.85 bits per heavy atom. The Hall–Kier alpha value is -1.78. The Balaban J connectivity index is 2.57. The molecule has 2 rings (SSSR count). The van der Waals surface area contributed by atoms with Crippen molar-refractivity contribution in [3.05, 3.63) is 42.5 Å². The number of halogens is 2. The van der Waals surface area contributed by atoms with Crippen LogP contribution in [0.2, 0.25) is 0 Å². The monoisotopic (exact) mass is 181 g/mol. The minimum atomic E-state index is -0.745. The van der Waals surface area contributed by atoms with Crippen LogP contribution >= 0.6 is 0 Å². The van der Waals surface area contributed by atoms with Crippen molar-refractivity contribution < 1.29 is 8.78 Å². The fraction of sp³-hybridized carbons (Fsp3) is 0. The molecule has 2 aromatic rings. The van der Waals surface area contributed by atoms with Crippen LogP contribution in [0.4, 0.5) is 8.78 Å². The van der Waals surface area contributed by atoms with Crippen LogP contribution in [0.5, 0.6) is 0 Å². The minimum absolute atomic E-state index is 0.00463. The van der Waals surface area contributed by atoms with Gasteiger partial charge in [-0.05, 0) is 6.07 Å². The van der Waals surface area contributed by atoms with Gasteiger partial charge in [0.25, 0.3) is 0 Å². The average molecular weight is 181 g/mol. The molecular weight excluding hydrogens is 176 g/mol. The highest BCUT2D eigenvalue weighted by molar-refractivity contribution is 5.28. The van der Waals surface area contributed by atoms with Crippen LogP contribution in [0.15, 0.2) is 30.7 Å². The van der Waals surface area contributed by atoms with Gasteiger partial charge >= 0.3 is 0 Å². The number of aromatic nitrogens is 3. The van der Waals surface area contributed by atoms with Crippen molar-refractivity contribution in [1.29, 1.82) is 0 Å².